The van der Waals surface area contributed by atoms with Gasteiger partial charge in [0.25, 0.3) is 11.5 Å². The number of esters is 1. The van der Waals surface area contributed by atoms with E-state index >= 15 is 0 Å². The minimum absolute atomic E-state index is 0.0728. The van der Waals surface area contributed by atoms with E-state index in [2.05, 4.69) is 10.3 Å². The number of benzene rings is 1. The van der Waals surface area contributed by atoms with Crippen LogP contribution in [-0.4, -0.2) is 37.2 Å². The van der Waals surface area contributed by atoms with E-state index in [-0.39, 0.29) is 13.0 Å². The van der Waals surface area contributed by atoms with Crippen LogP contribution in [0.2, 0.25) is 0 Å². The van der Waals surface area contributed by atoms with Crippen LogP contribution in [0.3, 0.4) is 0 Å². The predicted octanol–water partition coefficient (Wildman–Crippen LogP) is 0.704. The first-order valence-corrected chi connectivity index (χ1v) is 9.41. The predicted molar refractivity (Wildman–Crippen MR) is 110 cm³/mol. The highest BCUT2D eigenvalue weighted by atomic mass is 16.5. The molecule has 0 saturated heterocycles. The Hall–Kier alpha value is -3.69. The van der Waals surface area contributed by atoms with Gasteiger partial charge < -0.3 is 14.6 Å². The summed E-state index contributed by atoms with van der Waals surface area (Å²) in [5.74, 6) is -0.928. The third-order valence-corrected chi connectivity index (χ3v) is 4.78. The van der Waals surface area contributed by atoms with E-state index in [0.717, 1.165) is 10.1 Å². The van der Waals surface area contributed by atoms with Gasteiger partial charge >= 0.3 is 11.7 Å². The summed E-state index contributed by atoms with van der Waals surface area (Å²) in [4.78, 5) is 52.4. The first-order chi connectivity index (χ1) is 14.3. The van der Waals surface area contributed by atoms with Gasteiger partial charge in [-0.05, 0) is 25.0 Å². The Bertz CT molecular complexity index is 1220. The molecule has 1 amide bonds. The standard InChI is InChI=1S/C20H23N5O5/c1-13-7-4-5-8-14(13)22-15(26)11-30-16(27)9-6-10-25-12-21-18-17(25)19(28)24(3)20(29)23(18)2/h4-5,7-8,12H,6,9-11H2,1-3H3,(H,22,26). The maximum atomic E-state index is 12.4. The van der Waals surface area contributed by atoms with Gasteiger partial charge in [0.1, 0.15) is 0 Å². The summed E-state index contributed by atoms with van der Waals surface area (Å²) in [6, 6.07) is 7.31. The van der Waals surface area contributed by atoms with Gasteiger partial charge in [0.2, 0.25) is 0 Å². The van der Waals surface area contributed by atoms with Crippen molar-refractivity contribution in [2.75, 3.05) is 11.9 Å². The first kappa shape index (κ1) is 21.0. The Labute approximate surface area is 171 Å². The molecule has 0 aliphatic rings. The lowest BCUT2D eigenvalue weighted by Gasteiger charge is -2.09. The molecule has 0 radical (unpaired) electrons. The van der Waals surface area contributed by atoms with Crippen molar-refractivity contribution in [3.63, 3.8) is 0 Å². The van der Waals surface area contributed by atoms with Gasteiger partial charge in [0, 0.05) is 32.7 Å². The van der Waals surface area contributed by atoms with Crippen LogP contribution in [0.1, 0.15) is 18.4 Å². The number of aryl methyl sites for hydroxylation is 3. The second-order valence-corrected chi connectivity index (χ2v) is 6.94. The molecule has 3 rings (SSSR count). The summed E-state index contributed by atoms with van der Waals surface area (Å²) >= 11 is 0. The number of fused-ring (bicyclic) bond motifs is 1. The molecule has 0 bridgehead atoms. The Morgan fingerprint density at radius 3 is 2.60 bits per heavy atom. The number of carbonyl (C=O) groups excluding carboxylic acids is 2. The minimum atomic E-state index is -0.514. The van der Waals surface area contributed by atoms with Crippen LogP contribution in [0.15, 0.2) is 40.2 Å². The van der Waals surface area contributed by atoms with Crippen molar-refractivity contribution in [3.05, 3.63) is 57.0 Å². The number of hydrogen-bond donors (Lipinski definition) is 1. The highest BCUT2D eigenvalue weighted by Gasteiger charge is 2.15. The van der Waals surface area contributed by atoms with Gasteiger partial charge in [-0.15, -0.1) is 0 Å². The van der Waals surface area contributed by atoms with Gasteiger partial charge in [0.05, 0.1) is 6.33 Å². The zero-order valence-corrected chi connectivity index (χ0v) is 17.0. The average Bonchev–Trinajstić information content (AvgIpc) is 3.15. The van der Waals surface area contributed by atoms with Gasteiger partial charge in [-0.1, -0.05) is 18.2 Å². The number of carbonyl (C=O) groups is 2. The maximum absolute atomic E-state index is 12.4. The molecule has 1 N–H and O–H groups in total. The van der Waals surface area contributed by atoms with Crippen LogP contribution in [-0.2, 0) is 35.0 Å². The van der Waals surface area contributed by atoms with E-state index in [1.54, 1.807) is 23.7 Å². The van der Waals surface area contributed by atoms with Gasteiger partial charge in [-0.2, -0.15) is 0 Å². The summed E-state index contributed by atoms with van der Waals surface area (Å²) in [6.45, 7) is 1.84. The Balaban J connectivity index is 1.53. The van der Waals surface area contributed by atoms with Gasteiger partial charge in [-0.25, -0.2) is 9.78 Å². The Morgan fingerprint density at radius 1 is 1.13 bits per heavy atom. The summed E-state index contributed by atoms with van der Waals surface area (Å²) in [6.07, 6.45) is 1.92. The number of rotatable bonds is 7. The van der Waals surface area contributed by atoms with Crippen LogP contribution < -0.4 is 16.6 Å². The van der Waals surface area contributed by atoms with E-state index in [0.29, 0.717) is 29.8 Å². The second kappa shape index (κ2) is 8.76. The second-order valence-electron chi connectivity index (χ2n) is 6.94. The molecule has 0 aliphatic carbocycles. The van der Waals surface area contributed by atoms with Gasteiger partial charge in [0.15, 0.2) is 17.8 Å². The number of nitrogens with one attached hydrogen (secondary N) is 1. The molecule has 0 unspecified atom stereocenters. The van der Waals surface area contributed by atoms with Crippen LogP contribution in [0.4, 0.5) is 5.69 Å². The van der Waals surface area contributed by atoms with Crippen LogP contribution >= 0.6 is 0 Å². The largest absolute Gasteiger partial charge is 0.456 e. The summed E-state index contributed by atoms with van der Waals surface area (Å²) in [5.41, 5.74) is 1.27. The Kier molecular flexibility index (Phi) is 6.14. The molecular weight excluding hydrogens is 390 g/mol. The monoisotopic (exact) mass is 413 g/mol. The zero-order valence-electron chi connectivity index (χ0n) is 17.0. The van der Waals surface area contributed by atoms with Crippen molar-refractivity contribution in [1.29, 1.82) is 0 Å². The number of ether oxygens (including phenoxy) is 1. The molecule has 158 valence electrons. The quantitative estimate of drug-likeness (QED) is 0.570. The third-order valence-electron chi connectivity index (χ3n) is 4.78. The molecule has 0 aliphatic heterocycles. The van der Waals surface area contributed by atoms with Crippen molar-refractivity contribution < 1.29 is 14.3 Å². The van der Waals surface area contributed by atoms with Crippen molar-refractivity contribution >= 4 is 28.7 Å². The highest BCUT2D eigenvalue weighted by molar-refractivity contribution is 5.93. The average molecular weight is 413 g/mol. The van der Waals surface area contributed by atoms with Crippen LogP contribution in [0.5, 0.6) is 0 Å². The molecule has 0 spiro atoms. The molecule has 10 heteroatoms. The SMILES string of the molecule is Cc1ccccc1NC(=O)COC(=O)CCCn1cnc2c1c(=O)n(C)c(=O)n2C. The molecule has 1 aromatic carbocycles. The molecule has 10 nitrogen and oxygen atoms in total. The fourth-order valence-electron chi connectivity index (χ4n) is 3.08. The summed E-state index contributed by atoms with van der Waals surface area (Å²) < 4.78 is 8.94. The number of imidazole rings is 1. The summed E-state index contributed by atoms with van der Waals surface area (Å²) in [5, 5.41) is 2.69. The van der Waals surface area contributed by atoms with E-state index in [9.17, 15) is 19.2 Å². The van der Waals surface area contributed by atoms with Crippen molar-refractivity contribution in [3.8, 4) is 0 Å². The third kappa shape index (κ3) is 4.32. The van der Waals surface area contributed by atoms with Gasteiger partial charge in [-0.3, -0.25) is 23.5 Å². The maximum Gasteiger partial charge on any atom is 0.332 e. The molecule has 30 heavy (non-hydrogen) atoms. The number of nitrogens with zero attached hydrogens (tertiary/aromatic N) is 4. The molecule has 2 aromatic heterocycles. The molecule has 0 saturated carbocycles. The van der Waals surface area contributed by atoms with Crippen LogP contribution in [0, 0.1) is 6.92 Å². The van der Waals surface area contributed by atoms with E-state index in [4.69, 9.17) is 4.74 Å². The molecular formula is C20H23N5O5. The smallest absolute Gasteiger partial charge is 0.332 e. The van der Waals surface area contributed by atoms with Crippen molar-refractivity contribution in [1.82, 2.24) is 18.7 Å². The summed E-state index contributed by atoms with van der Waals surface area (Å²) in [7, 11) is 2.95. The fraction of sp³-hybridized carbons (Fsp3) is 0.350. The molecule has 3 aromatic rings. The topological polar surface area (TPSA) is 117 Å². The lowest BCUT2D eigenvalue weighted by atomic mass is 10.2. The number of amides is 1. The number of anilines is 1. The minimum Gasteiger partial charge on any atom is -0.456 e. The lowest BCUT2D eigenvalue weighted by Crippen LogP contribution is -2.37. The molecule has 0 fully saturated rings. The van der Waals surface area contributed by atoms with E-state index < -0.39 is 23.1 Å². The van der Waals surface area contributed by atoms with Crippen LogP contribution in [0.25, 0.3) is 11.2 Å². The first-order valence-electron chi connectivity index (χ1n) is 9.41. The number of hydrogen-bond acceptors (Lipinski definition) is 6. The zero-order chi connectivity index (χ0) is 21.8. The van der Waals surface area contributed by atoms with Crippen molar-refractivity contribution in [2.45, 2.75) is 26.3 Å². The highest BCUT2D eigenvalue weighted by Crippen LogP contribution is 2.13. The normalized spacial score (nSPS) is 10.9. The Morgan fingerprint density at radius 2 is 1.87 bits per heavy atom. The number of aromatic nitrogens is 4. The fourth-order valence-corrected chi connectivity index (χ4v) is 3.08. The van der Waals surface area contributed by atoms with E-state index in [1.807, 2.05) is 19.1 Å². The molecule has 0 atom stereocenters. The lowest BCUT2D eigenvalue weighted by molar-refractivity contribution is -0.147. The van der Waals surface area contributed by atoms with E-state index in [1.165, 1.54) is 17.9 Å². The molecule has 2 heterocycles. The van der Waals surface area contributed by atoms with Crippen molar-refractivity contribution in [2.24, 2.45) is 14.1 Å². The number of para-hydroxylation sites is 1.